The second kappa shape index (κ2) is 32.2. The first-order valence-electron chi connectivity index (χ1n) is 38.5. The molecule has 0 atom stereocenters. The third kappa shape index (κ3) is 15.7. The van der Waals surface area contributed by atoms with Gasteiger partial charge in [0.2, 0.25) is 0 Å². The van der Waals surface area contributed by atoms with Gasteiger partial charge in [-0.2, -0.15) is 0 Å². The summed E-state index contributed by atoms with van der Waals surface area (Å²) < 4.78 is 0. The number of anilines is 12. The third-order valence-electron chi connectivity index (χ3n) is 21.1. The van der Waals surface area contributed by atoms with E-state index in [0.29, 0.717) is 0 Å². The molecule has 16 aromatic rings. The monoisotopic (exact) mass is 1440 g/mol. The van der Waals surface area contributed by atoms with Gasteiger partial charge in [0.05, 0.1) is 0 Å². The Morgan fingerprint density at radius 2 is 0.277 bits per heavy atom. The molecule has 0 spiro atoms. The first-order chi connectivity index (χ1) is 55.1. The highest BCUT2D eigenvalue weighted by atomic mass is 15.2. The van der Waals surface area contributed by atoms with Gasteiger partial charge in [0.25, 0.3) is 0 Å². The molecule has 0 unspecified atom stereocenters. The Balaban J connectivity index is 0.879. The van der Waals surface area contributed by atoms with Crippen molar-refractivity contribution in [3.05, 3.63) is 455 Å². The molecule has 0 radical (unpaired) electrons. The van der Waals surface area contributed by atoms with Crippen LogP contribution in [0.5, 0.6) is 0 Å². The standard InChI is InChI=1S/C108H84N4/c1-77-25-33-81(34-26-77)41-45-85-49-57-93(58-50-85)109(89-17-9-5-10-18-89)97-65-69-101-105(73-97)102-70-66-98(110(90-19-11-6-12-20-90)94-59-51-86(52-60-94)46-42-82-35-27-78(2)28-36-82)75-107(102)104-72-68-100(112(92-23-15-8-16-24-92)96-63-55-88(56-64-96)48-44-84-39-31-80(4)32-40-84)76-108(104)103-71-67-99(74-106(101)103)111(91-21-13-7-14-22-91)95-61-53-87(54-62-95)47-43-83-37-29-79(3)30-38-83/h5-76H,1-4H3/b45-41+,46-42+,47-43+,48-44+,105-102?,106-101?,107-104?,108-103?. The zero-order valence-electron chi connectivity index (χ0n) is 63.4. The Hall–Kier alpha value is -14.3. The smallest absolute Gasteiger partial charge is 0.0468 e. The quantitative estimate of drug-likeness (QED) is 0.0705. The van der Waals surface area contributed by atoms with Gasteiger partial charge in [-0.3, -0.25) is 0 Å². The molecule has 0 N–H and O–H groups in total. The van der Waals surface area contributed by atoms with Crippen LogP contribution in [0.2, 0.25) is 0 Å². The first kappa shape index (κ1) is 70.6. The predicted octanol–water partition coefficient (Wildman–Crippen LogP) is 30.5. The molecule has 4 heteroatoms. The molecule has 0 saturated heterocycles. The van der Waals surface area contributed by atoms with Crippen LogP contribution >= 0.6 is 0 Å². The molecule has 17 rings (SSSR count). The summed E-state index contributed by atoms with van der Waals surface area (Å²) in [5, 5.41) is 0. The summed E-state index contributed by atoms with van der Waals surface area (Å²) >= 11 is 0. The lowest BCUT2D eigenvalue weighted by Gasteiger charge is -2.32. The summed E-state index contributed by atoms with van der Waals surface area (Å²) in [4.78, 5) is 9.60. The molecule has 16 aromatic carbocycles. The van der Waals surface area contributed by atoms with Crippen LogP contribution in [-0.2, 0) is 0 Å². The minimum Gasteiger partial charge on any atom is -0.310 e. The van der Waals surface area contributed by atoms with Crippen molar-refractivity contribution in [1.29, 1.82) is 0 Å². The SMILES string of the molecule is Cc1ccc(/C=C/c2ccc(N(c3ccccc3)c3ccc4c(c3)-c3ccc(N(c5ccccc5)c5ccc(/C=C/c6ccc(C)cc6)cc5)cc3-c3ccc(N(c5ccccc5)c5ccc(/C=C/c6ccc(C)cc6)cc5)cc3-c3ccc(N(c5ccccc5)c5ccc(/C=C/c6ccc(C)cc6)cc5)cc3-4)cc2)cc1. The number of nitrogens with zero attached hydrogens (tertiary/aromatic N) is 4. The normalized spacial score (nSPS) is 11.6. The summed E-state index contributed by atoms with van der Waals surface area (Å²) in [6.45, 7) is 8.52. The molecule has 0 saturated carbocycles. The Morgan fingerprint density at radius 1 is 0.134 bits per heavy atom. The Bertz CT molecular complexity index is 5280. The second-order valence-electron chi connectivity index (χ2n) is 28.9. The molecule has 0 aliphatic heterocycles. The molecule has 0 aromatic heterocycles. The zero-order valence-corrected chi connectivity index (χ0v) is 63.4. The topological polar surface area (TPSA) is 13.0 Å². The average molecular weight is 1440 g/mol. The minimum absolute atomic E-state index is 1.02. The molecule has 1 aliphatic carbocycles. The fourth-order valence-electron chi connectivity index (χ4n) is 15.0. The zero-order chi connectivity index (χ0) is 75.7. The lowest BCUT2D eigenvalue weighted by molar-refractivity contribution is 1.27. The van der Waals surface area contributed by atoms with Crippen LogP contribution in [0.3, 0.4) is 0 Å². The fourth-order valence-corrected chi connectivity index (χ4v) is 15.0. The Morgan fingerprint density at radius 3 is 0.446 bits per heavy atom. The van der Waals surface area contributed by atoms with Gasteiger partial charge in [-0.25, -0.2) is 0 Å². The molecule has 0 fully saturated rings. The summed E-state index contributed by atoms with van der Waals surface area (Å²) in [6.07, 6.45) is 17.6. The highest BCUT2D eigenvalue weighted by Crippen LogP contribution is 2.54. The van der Waals surface area contributed by atoms with Crippen molar-refractivity contribution in [2.45, 2.75) is 27.7 Å². The Labute approximate surface area is 659 Å². The maximum absolute atomic E-state index is 2.44. The molecule has 536 valence electrons. The first-order valence-corrected chi connectivity index (χ1v) is 38.5. The van der Waals surface area contributed by atoms with Crippen molar-refractivity contribution in [3.8, 4) is 44.5 Å². The van der Waals surface area contributed by atoms with Gasteiger partial charge in [-0.15, -0.1) is 0 Å². The Kier molecular flexibility index (Phi) is 20.3. The summed E-state index contributed by atoms with van der Waals surface area (Å²) in [5.74, 6) is 0. The minimum atomic E-state index is 1.02. The molecule has 112 heavy (non-hydrogen) atoms. The van der Waals surface area contributed by atoms with Crippen molar-refractivity contribution in [1.82, 2.24) is 0 Å². The van der Waals surface area contributed by atoms with E-state index in [9.17, 15) is 0 Å². The maximum atomic E-state index is 2.44. The highest BCUT2D eigenvalue weighted by molar-refractivity contribution is 6.07. The number of hydrogen-bond donors (Lipinski definition) is 0. The maximum Gasteiger partial charge on any atom is 0.0468 e. The largest absolute Gasteiger partial charge is 0.310 e. The lowest BCUT2D eigenvalue weighted by Crippen LogP contribution is -2.12. The van der Waals surface area contributed by atoms with Gasteiger partial charge in [0.1, 0.15) is 0 Å². The number of para-hydroxylation sites is 4. The predicted molar refractivity (Wildman–Crippen MR) is 481 cm³/mol. The van der Waals surface area contributed by atoms with Crippen LogP contribution in [0.4, 0.5) is 68.2 Å². The van der Waals surface area contributed by atoms with Crippen LogP contribution in [0.15, 0.2) is 388 Å². The van der Waals surface area contributed by atoms with Crippen molar-refractivity contribution in [2.75, 3.05) is 19.6 Å². The number of hydrogen-bond acceptors (Lipinski definition) is 4. The number of fused-ring (bicyclic) bond motifs is 8. The van der Waals surface area contributed by atoms with E-state index in [-0.39, 0.29) is 0 Å². The van der Waals surface area contributed by atoms with E-state index < -0.39 is 0 Å². The summed E-state index contributed by atoms with van der Waals surface area (Å²) in [5.41, 5.74) is 35.4. The van der Waals surface area contributed by atoms with Gasteiger partial charge < -0.3 is 19.6 Å². The van der Waals surface area contributed by atoms with E-state index in [1.54, 1.807) is 0 Å². The van der Waals surface area contributed by atoms with E-state index in [1.807, 2.05) is 0 Å². The van der Waals surface area contributed by atoms with Crippen LogP contribution in [0.25, 0.3) is 93.1 Å². The van der Waals surface area contributed by atoms with Gasteiger partial charge in [0.15, 0.2) is 0 Å². The van der Waals surface area contributed by atoms with E-state index in [2.05, 4.69) is 484 Å². The number of rotatable bonds is 20. The van der Waals surface area contributed by atoms with Crippen molar-refractivity contribution in [2.24, 2.45) is 0 Å². The van der Waals surface area contributed by atoms with Crippen LogP contribution in [-0.4, -0.2) is 0 Å². The summed E-state index contributed by atoms with van der Waals surface area (Å²) in [7, 11) is 0. The third-order valence-corrected chi connectivity index (χ3v) is 21.1. The number of benzene rings is 16. The molecule has 0 heterocycles. The van der Waals surface area contributed by atoms with Crippen LogP contribution in [0.1, 0.15) is 66.8 Å². The van der Waals surface area contributed by atoms with Gasteiger partial charge in [-0.1, -0.05) is 314 Å². The van der Waals surface area contributed by atoms with Crippen molar-refractivity contribution >= 4 is 117 Å². The molecule has 0 bridgehead atoms. The van der Waals surface area contributed by atoms with E-state index in [1.165, 1.54) is 22.3 Å². The second-order valence-corrected chi connectivity index (χ2v) is 28.9. The van der Waals surface area contributed by atoms with Crippen molar-refractivity contribution < 1.29 is 0 Å². The van der Waals surface area contributed by atoms with Crippen molar-refractivity contribution in [3.63, 3.8) is 0 Å². The van der Waals surface area contributed by atoms with Crippen LogP contribution < -0.4 is 19.6 Å². The summed E-state index contributed by atoms with van der Waals surface area (Å²) in [6, 6.07) is 142. The van der Waals surface area contributed by atoms with E-state index in [0.717, 1.165) is 157 Å². The van der Waals surface area contributed by atoms with E-state index >= 15 is 0 Å². The number of aryl methyl sites for hydroxylation is 4. The van der Waals surface area contributed by atoms with Crippen LogP contribution in [0, 0.1) is 27.7 Å². The van der Waals surface area contributed by atoms with Gasteiger partial charge in [-0.05, 0) is 262 Å². The van der Waals surface area contributed by atoms with E-state index in [4.69, 9.17) is 0 Å². The average Bonchev–Trinajstić information content (AvgIpc) is 0.726. The molecular weight excluding hydrogens is 1350 g/mol. The molecule has 1 aliphatic rings. The fraction of sp³-hybridized carbons (Fsp3) is 0.0370. The lowest BCUT2D eigenvalue weighted by atomic mass is 9.80. The van der Waals surface area contributed by atoms with Gasteiger partial charge >= 0.3 is 0 Å². The molecule has 0 amide bonds. The highest BCUT2D eigenvalue weighted by Gasteiger charge is 2.29. The molecular formula is C108H84N4. The molecule has 4 nitrogen and oxygen atoms in total. The van der Waals surface area contributed by atoms with Gasteiger partial charge in [0, 0.05) is 68.2 Å².